The zero-order valence-corrected chi connectivity index (χ0v) is 15.8. The van der Waals surface area contributed by atoms with Crippen LogP contribution in [-0.4, -0.2) is 29.6 Å². The molecule has 1 aromatic heterocycles. The number of nitrogens with zero attached hydrogens (tertiary/aromatic N) is 3. The van der Waals surface area contributed by atoms with E-state index in [9.17, 15) is 8.78 Å². The van der Waals surface area contributed by atoms with Gasteiger partial charge in [0.15, 0.2) is 11.6 Å². The predicted octanol–water partition coefficient (Wildman–Crippen LogP) is 5.17. The Morgan fingerprint density at radius 3 is 2.50 bits per heavy atom. The predicted molar refractivity (Wildman–Crippen MR) is 108 cm³/mol. The van der Waals surface area contributed by atoms with E-state index in [4.69, 9.17) is 0 Å². The van der Waals surface area contributed by atoms with Gasteiger partial charge in [-0.05, 0) is 61.9 Å². The SMILES string of the molecule is Fc1cc(N2CCC[C@@H]2c2ccc3[nH]cnc3c2)cc(F)c1N1CCCCC1. The fraction of sp³-hybridized carbons (Fsp3) is 0.409. The minimum atomic E-state index is -0.453. The van der Waals surface area contributed by atoms with Crippen LogP contribution in [0, 0.1) is 11.6 Å². The van der Waals surface area contributed by atoms with Gasteiger partial charge >= 0.3 is 0 Å². The van der Waals surface area contributed by atoms with E-state index in [1.165, 1.54) is 12.1 Å². The normalized spacial score (nSPS) is 20.3. The van der Waals surface area contributed by atoms with Gasteiger partial charge in [0.2, 0.25) is 0 Å². The Labute approximate surface area is 163 Å². The number of hydrogen-bond donors (Lipinski definition) is 1. The first-order valence-electron chi connectivity index (χ1n) is 10.1. The maximum absolute atomic E-state index is 14.9. The lowest BCUT2D eigenvalue weighted by Gasteiger charge is -2.31. The summed E-state index contributed by atoms with van der Waals surface area (Å²) < 4.78 is 29.8. The summed E-state index contributed by atoms with van der Waals surface area (Å²) in [6, 6.07) is 9.31. The second-order valence-corrected chi connectivity index (χ2v) is 7.84. The molecule has 2 saturated heterocycles. The van der Waals surface area contributed by atoms with Gasteiger partial charge in [0, 0.05) is 25.3 Å². The number of anilines is 2. The zero-order valence-electron chi connectivity index (χ0n) is 15.8. The number of halogens is 2. The third-order valence-electron chi connectivity index (χ3n) is 6.09. The van der Waals surface area contributed by atoms with Gasteiger partial charge in [-0.2, -0.15) is 0 Å². The van der Waals surface area contributed by atoms with Gasteiger partial charge in [-0.1, -0.05) is 6.07 Å². The number of aromatic amines is 1. The fourth-order valence-corrected chi connectivity index (χ4v) is 4.72. The topological polar surface area (TPSA) is 35.2 Å². The summed E-state index contributed by atoms with van der Waals surface area (Å²) in [6.07, 6.45) is 6.76. The Kier molecular flexibility index (Phi) is 4.41. The summed E-state index contributed by atoms with van der Waals surface area (Å²) in [6.45, 7) is 2.25. The van der Waals surface area contributed by atoms with Crippen molar-refractivity contribution in [1.29, 1.82) is 0 Å². The lowest BCUT2D eigenvalue weighted by molar-refractivity contribution is 0.530. The number of nitrogens with one attached hydrogen (secondary N) is 1. The van der Waals surface area contributed by atoms with Crippen molar-refractivity contribution in [3.05, 3.63) is 53.9 Å². The average Bonchev–Trinajstić information content (AvgIpc) is 3.37. The van der Waals surface area contributed by atoms with Gasteiger partial charge in [0.25, 0.3) is 0 Å². The highest BCUT2D eigenvalue weighted by Crippen LogP contribution is 2.39. The highest BCUT2D eigenvalue weighted by atomic mass is 19.1. The van der Waals surface area contributed by atoms with E-state index < -0.39 is 11.6 Å². The number of piperidine rings is 1. The number of rotatable bonds is 3. The number of aromatic nitrogens is 2. The molecule has 0 saturated carbocycles. The summed E-state index contributed by atoms with van der Waals surface area (Å²) in [5.74, 6) is -0.907. The van der Waals surface area contributed by atoms with Gasteiger partial charge in [0.1, 0.15) is 5.69 Å². The van der Waals surface area contributed by atoms with Crippen LogP contribution in [-0.2, 0) is 0 Å². The van der Waals surface area contributed by atoms with E-state index in [1.807, 2.05) is 11.0 Å². The Morgan fingerprint density at radius 1 is 0.929 bits per heavy atom. The third-order valence-corrected chi connectivity index (χ3v) is 6.09. The van der Waals surface area contributed by atoms with E-state index in [0.717, 1.165) is 68.3 Å². The summed E-state index contributed by atoms with van der Waals surface area (Å²) in [5.41, 5.74) is 3.81. The first-order chi connectivity index (χ1) is 13.7. The second kappa shape index (κ2) is 7.08. The van der Waals surface area contributed by atoms with E-state index in [1.54, 1.807) is 6.33 Å². The van der Waals surface area contributed by atoms with E-state index in [0.29, 0.717) is 5.69 Å². The Bertz CT molecular complexity index is 970. The van der Waals surface area contributed by atoms with Crippen LogP contribution in [0.4, 0.5) is 20.2 Å². The van der Waals surface area contributed by atoms with Crippen molar-refractivity contribution in [2.45, 2.75) is 38.1 Å². The molecule has 4 nitrogen and oxygen atoms in total. The molecule has 0 aliphatic carbocycles. The highest BCUT2D eigenvalue weighted by molar-refractivity contribution is 5.75. The molecule has 3 aromatic rings. The highest BCUT2D eigenvalue weighted by Gasteiger charge is 2.29. The minimum absolute atomic E-state index is 0.112. The first-order valence-corrected chi connectivity index (χ1v) is 10.1. The maximum Gasteiger partial charge on any atom is 0.151 e. The molecule has 28 heavy (non-hydrogen) atoms. The van der Waals surface area contributed by atoms with Crippen LogP contribution in [0.1, 0.15) is 43.7 Å². The zero-order chi connectivity index (χ0) is 19.1. The van der Waals surface area contributed by atoms with Crippen molar-refractivity contribution in [3.63, 3.8) is 0 Å². The van der Waals surface area contributed by atoms with Crippen molar-refractivity contribution >= 4 is 22.4 Å². The largest absolute Gasteiger partial charge is 0.367 e. The maximum atomic E-state index is 14.9. The third kappa shape index (κ3) is 3.01. The van der Waals surface area contributed by atoms with Gasteiger partial charge in [-0.15, -0.1) is 0 Å². The van der Waals surface area contributed by atoms with E-state index in [2.05, 4.69) is 27.0 Å². The molecule has 2 aliphatic heterocycles. The number of fused-ring (bicyclic) bond motifs is 1. The Balaban J connectivity index is 1.47. The summed E-state index contributed by atoms with van der Waals surface area (Å²) in [7, 11) is 0. The van der Waals surface area contributed by atoms with Crippen molar-refractivity contribution in [2.75, 3.05) is 29.4 Å². The average molecular weight is 382 g/mol. The Hall–Kier alpha value is -2.63. The van der Waals surface area contributed by atoms with Crippen molar-refractivity contribution in [1.82, 2.24) is 9.97 Å². The molecule has 0 radical (unpaired) electrons. The standard InChI is InChI=1S/C22H24F2N4/c23-17-12-16(13-18(24)22(17)27-8-2-1-3-9-27)28-10-4-5-21(28)15-6-7-19-20(11-15)26-14-25-19/h6-7,11-14,21H,1-5,8-10H2,(H,25,26)/t21-/m1/s1. The minimum Gasteiger partial charge on any atom is -0.367 e. The molecule has 3 heterocycles. The number of imidazole rings is 1. The monoisotopic (exact) mass is 382 g/mol. The lowest BCUT2D eigenvalue weighted by atomic mass is 10.0. The van der Waals surface area contributed by atoms with Crippen LogP contribution in [0.15, 0.2) is 36.7 Å². The molecule has 0 unspecified atom stereocenters. The number of hydrogen-bond acceptors (Lipinski definition) is 3. The molecule has 0 bridgehead atoms. The molecule has 2 aliphatic rings. The van der Waals surface area contributed by atoms with Crippen LogP contribution in [0.25, 0.3) is 11.0 Å². The van der Waals surface area contributed by atoms with Gasteiger partial charge in [0.05, 0.1) is 23.4 Å². The van der Waals surface area contributed by atoms with E-state index in [-0.39, 0.29) is 11.7 Å². The molecule has 2 fully saturated rings. The molecular weight excluding hydrogens is 358 g/mol. The molecule has 2 aromatic carbocycles. The van der Waals surface area contributed by atoms with Gasteiger partial charge in [-0.3, -0.25) is 0 Å². The lowest BCUT2D eigenvalue weighted by Crippen LogP contribution is -2.31. The van der Waals surface area contributed by atoms with Gasteiger partial charge < -0.3 is 14.8 Å². The molecule has 1 N–H and O–H groups in total. The molecule has 0 spiro atoms. The van der Waals surface area contributed by atoms with Crippen LogP contribution >= 0.6 is 0 Å². The molecule has 0 amide bonds. The first kappa shape index (κ1) is 17.5. The van der Waals surface area contributed by atoms with Crippen LogP contribution in [0.3, 0.4) is 0 Å². The van der Waals surface area contributed by atoms with E-state index >= 15 is 0 Å². The molecule has 5 rings (SSSR count). The Morgan fingerprint density at radius 2 is 1.71 bits per heavy atom. The summed E-state index contributed by atoms with van der Waals surface area (Å²) in [4.78, 5) is 11.4. The fourth-order valence-electron chi connectivity index (χ4n) is 4.72. The van der Waals surface area contributed by atoms with Crippen LogP contribution in [0.5, 0.6) is 0 Å². The quantitative estimate of drug-likeness (QED) is 0.678. The van der Waals surface area contributed by atoms with Crippen molar-refractivity contribution in [2.24, 2.45) is 0 Å². The molecule has 146 valence electrons. The van der Waals surface area contributed by atoms with Crippen molar-refractivity contribution in [3.8, 4) is 0 Å². The van der Waals surface area contributed by atoms with Crippen LogP contribution < -0.4 is 9.80 Å². The van der Waals surface area contributed by atoms with Crippen LogP contribution in [0.2, 0.25) is 0 Å². The molecule has 6 heteroatoms. The number of benzene rings is 2. The van der Waals surface area contributed by atoms with Gasteiger partial charge in [-0.25, -0.2) is 13.8 Å². The summed E-state index contributed by atoms with van der Waals surface area (Å²) >= 11 is 0. The summed E-state index contributed by atoms with van der Waals surface area (Å²) in [5, 5.41) is 0. The smallest absolute Gasteiger partial charge is 0.151 e. The molecule has 1 atom stereocenters. The second-order valence-electron chi connectivity index (χ2n) is 7.84. The number of H-pyrrole nitrogens is 1. The molecular formula is C22H24F2N4. The van der Waals surface area contributed by atoms with Crippen molar-refractivity contribution < 1.29 is 8.78 Å².